The molecule has 0 saturated carbocycles. The Bertz CT molecular complexity index is 207. The summed E-state index contributed by atoms with van der Waals surface area (Å²) in [5.41, 5.74) is 0. The molecule has 3 nitrogen and oxygen atoms in total. The summed E-state index contributed by atoms with van der Waals surface area (Å²) in [6.45, 7) is 9.32. The molecule has 0 aromatic carbocycles. The van der Waals surface area contributed by atoms with Crippen LogP contribution in [0.5, 0.6) is 0 Å². The van der Waals surface area contributed by atoms with Gasteiger partial charge in [0.05, 0.1) is 6.04 Å². The Hall–Kier alpha value is -0.570. The van der Waals surface area contributed by atoms with Gasteiger partial charge in [0.15, 0.2) is 0 Å². The highest BCUT2D eigenvalue weighted by atomic mass is 16.2. The molecule has 0 fully saturated rings. The summed E-state index contributed by atoms with van der Waals surface area (Å²) in [6, 6.07) is 0.414. The fourth-order valence-electron chi connectivity index (χ4n) is 2.08. The standard InChI is InChI=1S/C15H32N2O/c1-5-8-11-14(10-7-3)17-13(4)15(18)16-12-9-6-2/h13-14,17H,5-12H2,1-4H3,(H,16,18). The third-order valence-corrected chi connectivity index (χ3v) is 3.25. The van der Waals surface area contributed by atoms with E-state index >= 15 is 0 Å². The molecule has 0 aliphatic rings. The topological polar surface area (TPSA) is 41.1 Å². The summed E-state index contributed by atoms with van der Waals surface area (Å²) in [5.74, 6) is 0.140. The van der Waals surface area contributed by atoms with Crippen LogP contribution in [-0.4, -0.2) is 24.5 Å². The second-order valence-corrected chi connectivity index (χ2v) is 5.16. The van der Waals surface area contributed by atoms with Gasteiger partial charge in [-0.25, -0.2) is 0 Å². The maximum Gasteiger partial charge on any atom is 0.236 e. The van der Waals surface area contributed by atoms with Gasteiger partial charge in [0.25, 0.3) is 0 Å². The van der Waals surface area contributed by atoms with Crippen LogP contribution in [0.15, 0.2) is 0 Å². The molecule has 18 heavy (non-hydrogen) atoms. The number of hydrogen-bond acceptors (Lipinski definition) is 2. The molecular formula is C15H32N2O. The molecule has 0 aliphatic carbocycles. The van der Waals surface area contributed by atoms with Crippen molar-refractivity contribution >= 4 is 5.91 Å². The number of carbonyl (C=O) groups is 1. The normalized spacial score (nSPS) is 14.2. The minimum absolute atomic E-state index is 0.0738. The predicted molar refractivity (Wildman–Crippen MR) is 78.7 cm³/mol. The van der Waals surface area contributed by atoms with E-state index in [1.165, 1.54) is 25.7 Å². The molecule has 2 N–H and O–H groups in total. The minimum atomic E-state index is -0.0738. The Morgan fingerprint density at radius 2 is 1.67 bits per heavy atom. The maximum atomic E-state index is 11.9. The van der Waals surface area contributed by atoms with Gasteiger partial charge in [0.1, 0.15) is 0 Å². The fraction of sp³-hybridized carbons (Fsp3) is 0.933. The van der Waals surface area contributed by atoms with Crippen LogP contribution in [0.4, 0.5) is 0 Å². The van der Waals surface area contributed by atoms with Crippen molar-refractivity contribution in [3.63, 3.8) is 0 Å². The van der Waals surface area contributed by atoms with Crippen molar-refractivity contribution in [3.05, 3.63) is 0 Å². The van der Waals surface area contributed by atoms with E-state index in [0.29, 0.717) is 6.04 Å². The predicted octanol–water partition coefficient (Wildman–Crippen LogP) is 3.24. The average molecular weight is 256 g/mol. The van der Waals surface area contributed by atoms with Gasteiger partial charge in [0.2, 0.25) is 5.91 Å². The summed E-state index contributed by atoms with van der Waals surface area (Å²) in [6.07, 6.45) is 8.15. The summed E-state index contributed by atoms with van der Waals surface area (Å²) in [4.78, 5) is 11.9. The first-order valence-corrected chi connectivity index (χ1v) is 7.69. The van der Waals surface area contributed by atoms with Gasteiger partial charge in [-0.1, -0.05) is 46.5 Å². The SMILES string of the molecule is CCCCNC(=O)C(C)NC(CCC)CCCC. The van der Waals surface area contributed by atoms with Crippen LogP contribution >= 0.6 is 0 Å². The Morgan fingerprint density at radius 3 is 2.22 bits per heavy atom. The average Bonchev–Trinajstić information content (AvgIpc) is 2.36. The minimum Gasteiger partial charge on any atom is -0.355 e. The van der Waals surface area contributed by atoms with Crippen LogP contribution in [0.3, 0.4) is 0 Å². The summed E-state index contributed by atoms with van der Waals surface area (Å²) < 4.78 is 0. The molecule has 0 heterocycles. The Balaban J connectivity index is 3.97. The molecule has 0 spiro atoms. The van der Waals surface area contributed by atoms with Gasteiger partial charge in [-0.05, 0) is 26.2 Å². The first-order valence-electron chi connectivity index (χ1n) is 7.69. The molecule has 0 bridgehead atoms. The molecule has 0 rings (SSSR count). The number of hydrogen-bond donors (Lipinski definition) is 2. The maximum absolute atomic E-state index is 11.9. The van der Waals surface area contributed by atoms with Gasteiger partial charge >= 0.3 is 0 Å². The lowest BCUT2D eigenvalue weighted by atomic mass is 10.0. The van der Waals surface area contributed by atoms with Crippen molar-refractivity contribution < 1.29 is 4.79 Å². The Morgan fingerprint density at radius 1 is 1.00 bits per heavy atom. The van der Waals surface area contributed by atoms with E-state index in [0.717, 1.165) is 25.8 Å². The molecular weight excluding hydrogens is 224 g/mol. The van der Waals surface area contributed by atoms with Crippen molar-refractivity contribution in [2.24, 2.45) is 0 Å². The van der Waals surface area contributed by atoms with Crippen molar-refractivity contribution in [1.82, 2.24) is 10.6 Å². The van der Waals surface area contributed by atoms with E-state index in [4.69, 9.17) is 0 Å². The molecule has 2 atom stereocenters. The highest BCUT2D eigenvalue weighted by molar-refractivity contribution is 5.81. The second kappa shape index (κ2) is 11.5. The fourth-order valence-corrected chi connectivity index (χ4v) is 2.08. The quantitative estimate of drug-likeness (QED) is 0.557. The van der Waals surface area contributed by atoms with Crippen LogP contribution in [-0.2, 0) is 4.79 Å². The van der Waals surface area contributed by atoms with Gasteiger partial charge in [-0.15, -0.1) is 0 Å². The first kappa shape index (κ1) is 17.4. The lowest BCUT2D eigenvalue weighted by Gasteiger charge is -2.22. The van der Waals surface area contributed by atoms with Crippen LogP contribution in [0.1, 0.15) is 72.6 Å². The van der Waals surface area contributed by atoms with Crippen LogP contribution in [0.25, 0.3) is 0 Å². The second-order valence-electron chi connectivity index (χ2n) is 5.16. The van der Waals surface area contributed by atoms with Gasteiger partial charge in [-0.3, -0.25) is 4.79 Å². The molecule has 108 valence electrons. The molecule has 3 heteroatoms. The van der Waals surface area contributed by atoms with Crippen LogP contribution in [0, 0.1) is 0 Å². The van der Waals surface area contributed by atoms with Crippen LogP contribution in [0.2, 0.25) is 0 Å². The molecule has 2 unspecified atom stereocenters. The van der Waals surface area contributed by atoms with E-state index in [-0.39, 0.29) is 11.9 Å². The van der Waals surface area contributed by atoms with Gasteiger partial charge in [0, 0.05) is 12.6 Å². The van der Waals surface area contributed by atoms with Crippen molar-refractivity contribution in [2.45, 2.75) is 84.7 Å². The molecule has 0 radical (unpaired) electrons. The zero-order chi connectivity index (χ0) is 13.8. The summed E-state index contributed by atoms with van der Waals surface area (Å²) in [5, 5.41) is 6.45. The third-order valence-electron chi connectivity index (χ3n) is 3.25. The zero-order valence-corrected chi connectivity index (χ0v) is 12.7. The third kappa shape index (κ3) is 8.51. The zero-order valence-electron chi connectivity index (χ0n) is 12.7. The van der Waals surface area contributed by atoms with Crippen molar-refractivity contribution in [2.75, 3.05) is 6.54 Å². The number of unbranched alkanes of at least 4 members (excludes halogenated alkanes) is 2. The Kier molecular flexibility index (Phi) is 11.2. The monoisotopic (exact) mass is 256 g/mol. The lowest BCUT2D eigenvalue weighted by Crippen LogP contribution is -2.46. The molecule has 1 amide bonds. The first-order chi connectivity index (χ1) is 8.65. The summed E-state index contributed by atoms with van der Waals surface area (Å²) in [7, 11) is 0. The Labute approximate surface area is 113 Å². The molecule has 0 aromatic rings. The van der Waals surface area contributed by atoms with E-state index in [9.17, 15) is 4.79 Å². The van der Waals surface area contributed by atoms with Crippen molar-refractivity contribution in [3.8, 4) is 0 Å². The van der Waals surface area contributed by atoms with E-state index < -0.39 is 0 Å². The number of carbonyl (C=O) groups excluding carboxylic acids is 1. The molecule has 0 saturated heterocycles. The lowest BCUT2D eigenvalue weighted by molar-refractivity contribution is -0.123. The van der Waals surface area contributed by atoms with Gasteiger partial charge < -0.3 is 10.6 Å². The highest BCUT2D eigenvalue weighted by Crippen LogP contribution is 2.07. The number of nitrogens with one attached hydrogen (secondary N) is 2. The largest absolute Gasteiger partial charge is 0.355 e. The number of amides is 1. The van der Waals surface area contributed by atoms with Gasteiger partial charge in [-0.2, -0.15) is 0 Å². The van der Waals surface area contributed by atoms with E-state index in [1.54, 1.807) is 0 Å². The highest BCUT2D eigenvalue weighted by Gasteiger charge is 2.16. The molecule has 0 aromatic heterocycles. The van der Waals surface area contributed by atoms with E-state index in [2.05, 4.69) is 31.4 Å². The number of rotatable bonds is 11. The van der Waals surface area contributed by atoms with Crippen LogP contribution < -0.4 is 10.6 Å². The van der Waals surface area contributed by atoms with E-state index in [1.807, 2.05) is 6.92 Å². The molecule has 0 aliphatic heterocycles. The smallest absolute Gasteiger partial charge is 0.236 e. The van der Waals surface area contributed by atoms with Crippen molar-refractivity contribution in [1.29, 1.82) is 0 Å². The summed E-state index contributed by atoms with van der Waals surface area (Å²) >= 11 is 0.